The van der Waals surface area contributed by atoms with Gasteiger partial charge in [0.2, 0.25) is 11.9 Å². The third-order valence-electron chi connectivity index (χ3n) is 1.97. The van der Waals surface area contributed by atoms with Crippen molar-refractivity contribution >= 4 is 17.6 Å². The lowest BCUT2D eigenvalue weighted by molar-refractivity contribution is 1.09. The van der Waals surface area contributed by atoms with Gasteiger partial charge in [-0.3, -0.25) is 0 Å². The molecule has 8 heteroatoms. The fourth-order valence-electron chi connectivity index (χ4n) is 1.33. The highest BCUT2D eigenvalue weighted by Gasteiger charge is 2.08. The Labute approximate surface area is 96.0 Å². The van der Waals surface area contributed by atoms with E-state index in [-0.39, 0.29) is 17.7 Å². The Balaban J connectivity index is 2.63. The Morgan fingerprint density at radius 2 is 1.71 bits per heavy atom. The zero-order chi connectivity index (χ0) is 12.3. The van der Waals surface area contributed by atoms with Gasteiger partial charge in [0.05, 0.1) is 0 Å². The fourth-order valence-corrected chi connectivity index (χ4v) is 1.33. The number of nitrogens with zero attached hydrogens (tertiary/aromatic N) is 6. The quantitative estimate of drug-likeness (QED) is 0.456. The molecule has 0 radical (unpaired) electrons. The van der Waals surface area contributed by atoms with Crippen LogP contribution < -0.4 is 11.5 Å². The maximum atomic E-state index is 8.46. The topological polar surface area (TPSA) is 139 Å². The van der Waals surface area contributed by atoms with Crippen molar-refractivity contribution in [2.75, 3.05) is 11.5 Å². The van der Waals surface area contributed by atoms with Gasteiger partial charge < -0.3 is 11.5 Å². The summed E-state index contributed by atoms with van der Waals surface area (Å²) in [5, 5.41) is 3.54. The van der Waals surface area contributed by atoms with Gasteiger partial charge in [0.1, 0.15) is 0 Å². The van der Waals surface area contributed by atoms with E-state index in [2.05, 4.69) is 25.0 Å². The number of anilines is 2. The molecule has 0 bridgehead atoms. The molecule has 0 fully saturated rings. The Morgan fingerprint density at radius 3 is 2.35 bits per heavy atom. The van der Waals surface area contributed by atoms with Crippen LogP contribution in [0.25, 0.3) is 21.8 Å². The molecule has 2 rings (SSSR count). The summed E-state index contributed by atoms with van der Waals surface area (Å²) in [6, 6.07) is 6.85. The van der Waals surface area contributed by atoms with E-state index in [1.807, 2.05) is 0 Å². The molecule has 0 amide bonds. The minimum Gasteiger partial charge on any atom is -0.368 e. The number of hydrogen-bond acceptors (Lipinski definition) is 6. The molecule has 0 saturated heterocycles. The van der Waals surface area contributed by atoms with Gasteiger partial charge in [-0.2, -0.15) is 15.0 Å². The van der Waals surface area contributed by atoms with Crippen molar-refractivity contribution in [1.82, 2.24) is 15.0 Å². The van der Waals surface area contributed by atoms with E-state index in [0.717, 1.165) is 0 Å². The van der Waals surface area contributed by atoms with E-state index >= 15 is 0 Å². The molecule has 0 unspecified atom stereocenters. The first-order valence-corrected chi connectivity index (χ1v) is 4.62. The number of rotatable bonds is 2. The van der Waals surface area contributed by atoms with Gasteiger partial charge in [0.15, 0.2) is 5.82 Å². The van der Waals surface area contributed by atoms with Gasteiger partial charge in [-0.05, 0) is 5.53 Å². The van der Waals surface area contributed by atoms with Crippen LogP contribution in [-0.4, -0.2) is 15.0 Å². The summed E-state index contributed by atoms with van der Waals surface area (Å²) in [5.41, 5.74) is 20.4. The lowest BCUT2D eigenvalue weighted by atomic mass is 10.2. The molecule has 0 atom stereocenters. The van der Waals surface area contributed by atoms with Crippen LogP contribution in [0.15, 0.2) is 29.4 Å². The standard InChI is InChI=1S/C9H8N8/c10-8-13-7(14-9(11)15-8)5-3-1-2-4-6(5)16-17-12/h1-4H,(H4,10,11,13,14,15). The number of nitrogens with two attached hydrogens (primary N) is 2. The second-order valence-electron chi connectivity index (χ2n) is 3.08. The summed E-state index contributed by atoms with van der Waals surface area (Å²) < 4.78 is 0. The lowest BCUT2D eigenvalue weighted by Gasteiger charge is -2.04. The lowest BCUT2D eigenvalue weighted by Crippen LogP contribution is -2.04. The van der Waals surface area contributed by atoms with E-state index < -0.39 is 0 Å². The second kappa shape index (κ2) is 4.33. The van der Waals surface area contributed by atoms with Gasteiger partial charge in [-0.1, -0.05) is 29.4 Å². The third kappa shape index (κ3) is 2.21. The first kappa shape index (κ1) is 10.7. The molecular formula is C9H8N8. The fraction of sp³-hybridized carbons (Fsp3) is 0. The third-order valence-corrected chi connectivity index (χ3v) is 1.97. The number of benzene rings is 1. The largest absolute Gasteiger partial charge is 0.368 e. The molecule has 17 heavy (non-hydrogen) atoms. The van der Waals surface area contributed by atoms with Gasteiger partial charge >= 0.3 is 0 Å². The molecule has 8 nitrogen and oxygen atoms in total. The molecule has 1 heterocycles. The van der Waals surface area contributed by atoms with Crippen LogP contribution in [0.3, 0.4) is 0 Å². The first-order chi connectivity index (χ1) is 8.20. The molecule has 2 aromatic rings. The van der Waals surface area contributed by atoms with Crippen molar-refractivity contribution in [2.24, 2.45) is 5.11 Å². The summed E-state index contributed by atoms with van der Waals surface area (Å²) in [4.78, 5) is 14.3. The highest BCUT2D eigenvalue weighted by atomic mass is 15.2. The van der Waals surface area contributed by atoms with E-state index in [4.69, 9.17) is 17.0 Å². The minimum absolute atomic E-state index is 0.0169. The summed E-state index contributed by atoms with van der Waals surface area (Å²) in [6.07, 6.45) is 0. The average Bonchev–Trinajstić information content (AvgIpc) is 2.29. The number of nitrogen functional groups attached to an aromatic ring is 2. The van der Waals surface area contributed by atoms with Crippen molar-refractivity contribution in [3.8, 4) is 11.4 Å². The van der Waals surface area contributed by atoms with Gasteiger partial charge in [-0.15, -0.1) is 0 Å². The summed E-state index contributed by atoms with van der Waals surface area (Å²) in [5.74, 6) is 0.310. The molecule has 0 aliphatic carbocycles. The van der Waals surface area contributed by atoms with Crippen molar-refractivity contribution < 1.29 is 0 Å². The predicted molar refractivity (Wildman–Crippen MR) is 62.9 cm³/mol. The SMILES string of the molecule is [N-]=[N+]=Nc1ccccc1-c1nc(N)nc(N)n1. The van der Waals surface area contributed by atoms with Crippen LogP contribution in [0.2, 0.25) is 0 Å². The highest BCUT2D eigenvalue weighted by molar-refractivity contribution is 5.71. The molecular weight excluding hydrogens is 220 g/mol. The Kier molecular flexibility index (Phi) is 2.71. The molecule has 0 saturated carbocycles. The molecule has 0 aliphatic rings. The Bertz CT molecular complexity index is 581. The van der Waals surface area contributed by atoms with Crippen LogP contribution in [0.4, 0.5) is 17.6 Å². The molecule has 1 aromatic heterocycles. The number of hydrogen-bond donors (Lipinski definition) is 2. The van der Waals surface area contributed by atoms with Crippen molar-refractivity contribution in [3.63, 3.8) is 0 Å². The smallest absolute Gasteiger partial charge is 0.225 e. The summed E-state index contributed by atoms with van der Waals surface area (Å²) in [6.45, 7) is 0. The predicted octanol–water partition coefficient (Wildman–Crippen LogP) is 1.64. The maximum absolute atomic E-state index is 8.46. The summed E-state index contributed by atoms with van der Waals surface area (Å²) in [7, 11) is 0. The number of azide groups is 1. The van der Waals surface area contributed by atoms with Crippen LogP contribution >= 0.6 is 0 Å². The normalized spacial score (nSPS) is 9.65. The molecule has 0 spiro atoms. The van der Waals surface area contributed by atoms with Gasteiger partial charge in [0, 0.05) is 16.2 Å². The second-order valence-corrected chi connectivity index (χ2v) is 3.08. The van der Waals surface area contributed by atoms with E-state index in [9.17, 15) is 0 Å². The molecule has 84 valence electrons. The minimum atomic E-state index is 0.0169. The molecule has 1 aromatic carbocycles. The first-order valence-electron chi connectivity index (χ1n) is 4.62. The van der Waals surface area contributed by atoms with Crippen molar-refractivity contribution in [2.45, 2.75) is 0 Å². The number of aromatic nitrogens is 3. The molecule has 0 aliphatic heterocycles. The van der Waals surface area contributed by atoms with E-state index in [0.29, 0.717) is 11.3 Å². The Morgan fingerprint density at radius 1 is 1.06 bits per heavy atom. The van der Waals surface area contributed by atoms with Gasteiger partial charge in [0.25, 0.3) is 0 Å². The maximum Gasteiger partial charge on any atom is 0.225 e. The molecule has 4 N–H and O–H groups in total. The average molecular weight is 228 g/mol. The van der Waals surface area contributed by atoms with Crippen LogP contribution in [0, 0.1) is 0 Å². The summed E-state index contributed by atoms with van der Waals surface area (Å²) >= 11 is 0. The monoisotopic (exact) mass is 228 g/mol. The van der Waals surface area contributed by atoms with Crippen molar-refractivity contribution in [1.29, 1.82) is 0 Å². The van der Waals surface area contributed by atoms with Crippen LogP contribution in [0.5, 0.6) is 0 Å². The van der Waals surface area contributed by atoms with Gasteiger partial charge in [-0.25, -0.2) is 0 Å². The Hall–Kier alpha value is -2.86. The van der Waals surface area contributed by atoms with Crippen LogP contribution in [0.1, 0.15) is 0 Å². The highest BCUT2D eigenvalue weighted by Crippen LogP contribution is 2.27. The zero-order valence-electron chi connectivity index (χ0n) is 8.65. The van der Waals surface area contributed by atoms with Crippen molar-refractivity contribution in [3.05, 3.63) is 34.7 Å². The van der Waals surface area contributed by atoms with Crippen LogP contribution in [-0.2, 0) is 0 Å². The van der Waals surface area contributed by atoms with E-state index in [1.165, 1.54) is 0 Å². The van der Waals surface area contributed by atoms with E-state index in [1.54, 1.807) is 24.3 Å². The zero-order valence-corrected chi connectivity index (χ0v) is 8.65.